The Balaban J connectivity index is 2.53. The number of rotatable bonds is 3. The molecule has 2 rings (SSSR count). The third-order valence-electron chi connectivity index (χ3n) is 3.99. The minimum atomic E-state index is -1.12. The van der Waals surface area contributed by atoms with E-state index in [1.165, 1.54) is 0 Å². The average Bonchev–Trinajstić information content (AvgIpc) is 2.91. The van der Waals surface area contributed by atoms with E-state index in [4.69, 9.17) is 9.63 Å². The molecule has 2 aromatic rings. The standard InChI is InChI=1S/C19H26N2O4/c1-18(2,3)13-7-11(8-14(16(13)22)19(4,5)6)15-9-12(25-21-15)10-20-17(23)24/h7-9,20,22H,10H2,1-6H3,(H,23,24). The first-order valence-corrected chi connectivity index (χ1v) is 8.20. The average molecular weight is 346 g/mol. The Hall–Kier alpha value is -2.50. The maximum absolute atomic E-state index is 10.8. The van der Waals surface area contributed by atoms with Crippen molar-refractivity contribution in [3.63, 3.8) is 0 Å². The van der Waals surface area contributed by atoms with Crippen molar-refractivity contribution in [3.8, 4) is 17.0 Å². The first-order valence-electron chi connectivity index (χ1n) is 8.20. The molecule has 25 heavy (non-hydrogen) atoms. The minimum Gasteiger partial charge on any atom is -0.507 e. The predicted octanol–water partition coefficient (Wildman–Crippen LogP) is 4.41. The maximum Gasteiger partial charge on any atom is 0.405 e. The van der Waals surface area contributed by atoms with E-state index in [0.29, 0.717) is 17.2 Å². The maximum atomic E-state index is 10.8. The number of hydrogen-bond donors (Lipinski definition) is 3. The largest absolute Gasteiger partial charge is 0.507 e. The van der Waals surface area contributed by atoms with Gasteiger partial charge in [-0.2, -0.15) is 0 Å². The van der Waals surface area contributed by atoms with Crippen molar-refractivity contribution in [2.75, 3.05) is 0 Å². The highest BCUT2D eigenvalue weighted by Crippen LogP contribution is 2.41. The summed E-state index contributed by atoms with van der Waals surface area (Å²) in [5.74, 6) is 0.736. The van der Waals surface area contributed by atoms with E-state index in [1.807, 2.05) is 53.7 Å². The number of aromatic hydroxyl groups is 1. The Morgan fingerprint density at radius 3 is 2.04 bits per heavy atom. The Morgan fingerprint density at radius 2 is 1.60 bits per heavy atom. The summed E-state index contributed by atoms with van der Waals surface area (Å²) in [6.07, 6.45) is -1.12. The zero-order valence-electron chi connectivity index (χ0n) is 15.6. The molecule has 6 heteroatoms. The molecule has 0 saturated heterocycles. The third-order valence-corrected chi connectivity index (χ3v) is 3.99. The van der Waals surface area contributed by atoms with E-state index >= 15 is 0 Å². The number of amides is 1. The van der Waals surface area contributed by atoms with Crippen LogP contribution in [-0.4, -0.2) is 21.5 Å². The van der Waals surface area contributed by atoms with E-state index in [1.54, 1.807) is 6.07 Å². The summed E-state index contributed by atoms with van der Waals surface area (Å²) in [5, 5.41) is 25.7. The Morgan fingerprint density at radius 1 is 1.08 bits per heavy atom. The van der Waals surface area contributed by atoms with Crippen molar-refractivity contribution < 1.29 is 19.5 Å². The van der Waals surface area contributed by atoms with Gasteiger partial charge in [0.15, 0.2) is 5.76 Å². The minimum absolute atomic E-state index is 0.0542. The van der Waals surface area contributed by atoms with Gasteiger partial charge >= 0.3 is 6.09 Å². The zero-order valence-corrected chi connectivity index (χ0v) is 15.6. The molecule has 0 radical (unpaired) electrons. The molecule has 1 aromatic heterocycles. The van der Waals surface area contributed by atoms with Crippen molar-refractivity contribution in [1.82, 2.24) is 10.5 Å². The molecule has 0 aliphatic carbocycles. The summed E-state index contributed by atoms with van der Waals surface area (Å²) in [7, 11) is 0. The van der Waals surface area contributed by atoms with Crippen molar-refractivity contribution in [2.45, 2.75) is 58.9 Å². The second-order valence-electron chi connectivity index (χ2n) is 8.26. The van der Waals surface area contributed by atoms with Crippen molar-refractivity contribution in [1.29, 1.82) is 0 Å². The number of nitrogens with zero attached hydrogens (tertiary/aromatic N) is 1. The molecule has 136 valence electrons. The van der Waals surface area contributed by atoms with Crippen LogP contribution >= 0.6 is 0 Å². The second kappa shape index (κ2) is 6.43. The third kappa shape index (κ3) is 4.32. The van der Waals surface area contributed by atoms with Crippen molar-refractivity contribution in [3.05, 3.63) is 35.1 Å². The van der Waals surface area contributed by atoms with Crippen LogP contribution in [0.3, 0.4) is 0 Å². The van der Waals surface area contributed by atoms with Gasteiger partial charge in [-0.3, -0.25) is 0 Å². The lowest BCUT2D eigenvalue weighted by atomic mass is 9.78. The van der Waals surface area contributed by atoms with Gasteiger partial charge in [0.25, 0.3) is 0 Å². The molecule has 0 fully saturated rings. The number of nitrogens with one attached hydrogen (secondary N) is 1. The summed E-state index contributed by atoms with van der Waals surface area (Å²) in [6, 6.07) is 5.54. The highest BCUT2D eigenvalue weighted by atomic mass is 16.5. The highest BCUT2D eigenvalue weighted by molar-refractivity contribution is 5.67. The lowest BCUT2D eigenvalue weighted by Gasteiger charge is -2.28. The fraction of sp³-hybridized carbons (Fsp3) is 0.474. The summed E-state index contributed by atoms with van der Waals surface area (Å²) < 4.78 is 5.21. The predicted molar refractivity (Wildman–Crippen MR) is 95.9 cm³/mol. The van der Waals surface area contributed by atoms with Gasteiger partial charge in [0.05, 0.1) is 6.54 Å². The lowest BCUT2D eigenvalue weighted by molar-refractivity contribution is 0.192. The van der Waals surface area contributed by atoms with Gasteiger partial charge in [0.2, 0.25) is 0 Å². The molecule has 0 unspecified atom stereocenters. The molecule has 3 N–H and O–H groups in total. The van der Waals surface area contributed by atoms with Crippen molar-refractivity contribution in [2.24, 2.45) is 0 Å². The number of carbonyl (C=O) groups is 1. The van der Waals surface area contributed by atoms with Crippen LogP contribution in [0.25, 0.3) is 11.3 Å². The molecule has 0 atom stereocenters. The van der Waals surface area contributed by atoms with Gasteiger partial charge in [-0.1, -0.05) is 46.7 Å². The van der Waals surface area contributed by atoms with E-state index in [9.17, 15) is 9.90 Å². The van der Waals surface area contributed by atoms with E-state index in [0.717, 1.165) is 16.7 Å². The molecule has 1 amide bonds. The van der Waals surface area contributed by atoms with E-state index < -0.39 is 6.09 Å². The van der Waals surface area contributed by atoms with Gasteiger partial charge in [0.1, 0.15) is 11.4 Å². The molecule has 1 aromatic carbocycles. The van der Waals surface area contributed by atoms with E-state index in [-0.39, 0.29) is 17.4 Å². The van der Waals surface area contributed by atoms with Crippen LogP contribution in [0.15, 0.2) is 22.7 Å². The first kappa shape index (κ1) is 18.8. The number of phenolic OH excluding ortho intramolecular Hbond substituents is 1. The second-order valence-corrected chi connectivity index (χ2v) is 8.26. The molecule has 0 bridgehead atoms. The molecular weight excluding hydrogens is 320 g/mol. The molecule has 1 heterocycles. The SMILES string of the molecule is CC(C)(C)c1cc(-c2cc(CNC(=O)O)on2)cc(C(C)(C)C)c1O. The van der Waals surface area contributed by atoms with Crippen LogP contribution in [-0.2, 0) is 17.4 Å². The van der Waals surface area contributed by atoms with Crippen LogP contribution in [0.4, 0.5) is 4.79 Å². The number of hydrogen-bond acceptors (Lipinski definition) is 4. The fourth-order valence-electron chi connectivity index (χ4n) is 2.62. The summed E-state index contributed by atoms with van der Waals surface area (Å²) in [4.78, 5) is 10.6. The van der Waals surface area contributed by atoms with Gasteiger partial charge < -0.3 is 20.1 Å². The van der Waals surface area contributed by atoms with Crippen molar-refractivity contribution >= 4 is 6.09 Å². The Kier molecular flexibility index (Phi) is 4.84. The molecule has 0 aliphatic heterocycles. The lowest BCUT2D eigenvalue weighted by Crippen LogP contribution is -2.19. The number of benzene rings is 1. The zero-order chi connectivity index (χ0) is 19.0. The fourth-order valence-corrected chi connectivity index (χ4v) is 2.62. The Labute approximate surface area is 147 Å². The van der Waals surface area contributed by atoms with Crippen LogP contribution in [0, 0.1) is 0 Å². The normalized spacial score (nSPS) is 12.2. The van der Waals surface area contributed by atoms with Gasteiger partial charge in [-0.15, -0.1) is 0 Å². The number of aromatic nitrogens is 1. The summed E-state index contributed by atoms with van der Waals surface area (Å²) in [5.41, 5.74) is 2.64. The van der Waals surface area contributed by atoms with Crippen LogP contribution in [0.2, 0.25) is 0 Å². The molecule has 6 nitrogen and oxygen atoms in total. The van der Waals surface area contributed by atoms with Gasteiger partial charge in [-0.05, 0) is 23.0 Å². The smallest absolute Gasteiger partial charge is 0.405 e. The van der Waals surface area contributed by atoms with Gasteiger partial charge in [0, 0.05) is 22.8 Å². The summed E-state index contributed by atoms with van der Waals surface area (Å²) >= 11 is 0. The topological polar surface area (TPSA) is 95.6 Å². The molecule has 0 spiro atoms. The van der Waals surface area contributed by atoms with Crippen LogP contribution in [0.1, 0.15) is 58.4 Å². The first-order chi connectivity index (χ1) is 11.4. The van der Waals surface area contributed by atoms with E-state index in [2.05, 4.69) is 10.5 Å². The van der Waals surface area contributed by atoms with Crippen LogP contribution in [0.5, 0.6) is 5.75 Å². The number of carboxylic acid groups (broad SMARTS) is 1. The highest BCUT2D eigenvalue weighted by Gasteiger charge is 2.27. The molecular formula is C19H26N2O4. The monoisotopic (exact) mass is 346 g/mol. The Bertz CT molecular complexity index is 744. The molecule has 0 aliphatic rings. The van der Waals surface area contributed by atoms with Crippen LogP contribution < -0.4 is 5.32 Å². The molecule has 0 saturated carbocycles. The number of phenols is 1. The summed E-state index contributed by atoms with van der Waals surface area (Å²) in [6.45, 7) is 12.3. The quantitative estimate of drug-likeness (QED) is 0.765. The van der Waals surface area contributed by atoms with Gasteiger partial charge in [-0.25, -0.2) is 4.79 Å².